The Balaban J connectivity index is 1.89. The molecule has 1 aromatic carbocycles. The van der Waals surface area contributed by atoms with Crippen LogP contribution in [0.25, 0.3) is 0 Å². The third-order valence-electron chi connectivity index (χ3n) is 3.99. The van der Waals surface area contributed by atoms with Gasteiger partial charge in [0.1, 0.15) is 0 Å². The smallest absolute Gasteiger partial charge is 0.224 e. The summed E-state index contributed by atoms with van der Waals surface area (Å²) in [5, 5.41) is 3.14. The van der Waals surface area contributed by atoms with Crippen LogP contribution >= 0.6 is 0 Å². The molecule has 0 bridgehead atoms. The second-order valence-corrected chi connectivity index (χ2v) is 5.79. The molecule has 3 heteroatoms. The molecule has 1 fully saturated rings. The molecule has 0 radical (unpaired) electrons. The summed E-state index contributed by atoms with van der Waals surface area (Å²) in [6, 6.07) is 6.91. The number of carbonyl (C=O) groups excluding carboxylic acids is 1. The zero-order valence-corrected chi connectivity index (χ0v) is 11.9. The van der Waals surface area contributed by atoms with Crippen LogP contribution in [-0.4, -0.2) is 18.0 Å². The van der Waals surface area contributed by atoms with Crippen molar-refractivity contribution >= 4 is 5.91 Å². The van der Waals surface area contributed by atoms with E-state index in [1.54, 1.807) is 0 Å². The summed E-state index contributed by atoms with van der Waals surface area (Å²) in [6.07, 6.45) is 4.55. The van der Waals surface area contributed by atoms with Gasteiger partial charge in [-0.1, -0.05) is 23.8 Å². The second-order valence-electron chi connectivity index (χ2n) is 5.79. The number of hydrogen-bond acceptors (Lipinski definition) is 2. The Morgan fingerprint density at radius 1 is 1.26 bits per heavy atom. The fourth-order valence-electron chi connectivity index (χ4n) is 2.71. The van der Waals surface area contributed by atoms with Gasteiger partial charge in [-0.2, -0.15) is 0 Å². The number of aryl methyl sites for hydroxylation is 2. The van der Waals surface area contributed by atoms with Crippen LogP contribution in [0.4, 0.5) is 0 Å². The molecule has 3 N–H and O–H groups in total. The molecule has 0 atom stereocenters. The predicted molar refractivity (Wildman–Crippen MR) is 78.0 cm³/mol. The van der Waals surface area contributed by atoms with E-state index in [1.807, 2.05) is 0 Å². The van der Waals surface area contributed by atoms with Crippen LogP contribution in [0, 0.1) is 13.8 Å². The molecule has 3 nitrogen and oxygen atoms in total. The summed E-state index contributed by atoms with van der Waals surface area (Å²) in [7, 11) is 0. The van der Waals surface area contributed by atoms with Gasteiger partial charge in [0, 0.05) is 12.1 Å². The largest absolute Gasteiger partial charge is 0.353 e. The number of nitrogens with two attached hydrogens (primary N) is 1. The first-order chi connectivity index (χ1) is 9.04. The molecule has 2 rings (SSSR count). The van der Waals surface area contributed by atoms with E-state index < -0.39 is 0 Å². The average Bonchev–Trinajstić information content (AvgIpc) is 2.37. The second kappa shape index (κ2) is 6.20. The highest BCUT2D eigenvalue weighted by Gasteiger charge is 2.20. The van der Waals surface area contributed by atoms with Crippen LogP contribution in [-0.2, 0) is 11.2 Å². The molecule has 0 aromatic heterocycles. The minimum absolute atomic E-state index is 0.133. The van der Waals surface area contributed by atoms with E-state index in [0.717, 1.165) is 31.2 Å². The molecule has 0 spiro atoms. The van der Waals surface area contributed by atoms with Gasteiger partial charge in [-0.15, -0.1) is 0 Å². The van der Waals surface area contributed by atoms with E-state index in [0.29, 0.717) is 18.5 Å². The van der Waals surface area contributed by atoms with Crippen LogP contribution in [0.5, 0.6) is 0 Å². The number of amides is 1. The maximum atomic E-state index is 12.1. The van der Waals surface area contributed by atoms with Crippen LogP contribution < -0.4 is 11.1 Å². The lowest BCUT2D eigenvalue weighted by atomic mass is 9.91. The van der Waals surface area contributed by atoms with Gasteiger partial charge in [-0.05, 0) is 50.7 Å². The first kappa shape index (κ1) is 14.1. The van der Waals surface area contributed by atoms with Crippen molar-refractivity contribution in [1.29, 1.82) is 0 Å². The standard InChI is InChI=1S/C16H24N2O/c1-11-3-4-12(2)13(9-11)10-16(19)18-15-7-5-14(17)6-8-15/h3-4,9,14-15H,5-8,10,17H2,1-2H3,(H,18,19). The molecule has 0 heterocycles. The van der Waals surface area contributed by atoms with Crippen molar-refractivity contribution in [1.82, 2.24) is 5.32 Å². The van der Waals surface area contributed by atoms with E-state index in [-0.39, 0.29) is 5.91 Å². The highest BCUT2D eigenvalue weighted by molar-refractivity contribution is 5.79. The zero-order valence-electron chi connectivity index (χ0n) is 11.9. The van der Waals surface area contributed by atoms with Crippen molar-refractivity contribution < 1.29 is 4.79 Å². The van der Waals surface area contributed by atoms with Gasteiger partial charge in [-0.25, -0.2) is 0 Å². The zero-order chi connectivity index (χ0) is 13.8. The topological polar surface area (TPSA) is 55.1 Å². The molecule has 1 amide bonds. The molecule has 19 heavy (non-hydrogen) atoms. The minimum atomic E-state index is 0.133. The predicted octanol–water partition coefficient (Wildman–Crippen LogP) is 2.23. The molecule has 1 aromatic rings. The van der Waals surface area contributed by atoms with Crippen molar-refractivity contribution in [2.75, 3.05) is 0 Å². The summed E-state index contributed by atoms with van der Waals surface area (Å²) in [5.74, 6) is 0.133. The van der Waals surface area contributed by atoms with Gasteiger partial charge in [0.25, 0.3) is 0 Å². The fraction of sp³-hybridized carbons (Fsp3) is 0.562. The van der Waals surface area contributed by atoms with Gasteiger partial charge < -0.3 is 11.1 Å². The molecular formula is C16H24N2O. The third kappa shape index (κ3) is 4.06. The number of carbonyl (C=O) groups is 1. The number of hydrogen-bond donors (Lipinski definition) is 2. The SMILES string of the molecule is Cc1ccc(C)c(CC(=O)NC2CCC(N)CC2)c1. The number of benzene rings is 1. The Bertz CT molecular complexity index is 448. The lowest BCUT2D eigenvalue weighted by Crippen LogP contribution is -2.41. The summed E-state index contributed by atoms with van der Waals surface area (Å²) in [4.78, 5) is 12.1. The summed E-state index contributed by atoms with van der Waals surface area (Å²) in [5.41, 5.74) is 9.40. The van der Waals surface area contributed by atoms with E-state index >= 15 is 0 Å². The van der Waals surface area contributed by atoms with Gasteiger partial charge >= 0.3 is 0 Å². The Kier molecular flexibility index (Phi) is 4.59. The normalized spacial score (nSPS) is 23.1. The van der Waals surface area contributed by atoms with Crippen LogP contribution in [0.1, 0.15) is 42.4 Å². The van der Waals surface area contributed by atoms with Gasteiger partial charge in [0.15, 0.2) is 0 Å². The van der Waals surface area contributed by atoms with Gasteiger partial charge in [0.05, 0.1) is 6.42 Å². The monoisotopic (exact) mass is 260 g/mol. The first-order valence-electron chi connectivity index (χ1n) is 7.15. The van der Waals surface area contributed by atoms with Crippen LogP contribution in [0.3, 0.4) is 0 Å². The maximum Gasteiger partial charge on any atom is 0.224 e. The Labute approximate surface area is 115 Å². The van der Waals surface area contributed by atoms with E-state index in [4.69, 9.17) is 5.73 Å². The average molecular weight is 260 g/mol. The number of rotatable bonds is 3. The molecule has 0 unspecified atom stereocenters. The van der Waals surface area contributed by atoms with Gasteiger partial charge in [0.2, 0.25) is 5.91 Å². The molecule has 1 aliphatic rings. The Hall–Kier alpha value is -1.35. The van der Waals surface area contributed by atoms with Gasteiger partial charge in [-0.3, -0.25) is 4.79 Å². The summed E-state index contributed by atoms with van der Waals surface area (Å²) < 4.78 is 0. The molecule has 104 valence electrons. The first-order valence-corrected chi connectivity index (χ1v) is 7.15. The molecule has 1 saturated carbocycles. The summed E-state index contributed by atoms with van der Waals surface area (Å²) >= 11 is 0. The van der Waals surface area contributed by atoms with Crippen LogP contribution in [0.15, 0.2) is 18.2 Å². The molecule has 0 saturated heterocycles. The summed E-state index contributed by atoms with van der Waals surface area (Å²) in [6.45, 7) is 4.12. The van der Waals surface area contributed by atoms with Crippen molar-refractivity contribution in [3.63, 3.8) is 0 Å². The van der Waals surface area contributed by atoms with Crippen molar-refractivity contribution in [3.8, 4) is 0 Å². The third-order valence-corrected chi connectivity index (χ3v) is 3.99. The molecule has 1 aliphatic carbocycles. The highest BCUT2D eigenvalue weighted by Crippen LogP contribution is 2.17. The lowest BCUT2D eigenvalue weighted by molar-refractivity contribution is -0.121. The molecular weight excluding hydrogens is 236 g/mol. The fourth-order valence-corrected chi connectivity index (χ4v) is 2.71. The lowest BCUT2D eigenvalue weighted by Gasteiger charge is -2.26. The quantitative estimate of drug-likeness (QED) is 0.875. The molecule has 0 aliphatic heterocycles. The Morgan fingerprint density at radius 2 is 1.95 bits per heavy atom. The highest BCUT2D eigenvalue weighted by atomic mass is 16.1. The van der Waals surface area contributed by atoms with Crippen molar-refractivity contribution in [2.45, 2.75) is 58.0 Å². The maximum absolute atomic E-state index is 12.1. The minimum Gasteiger partial charge on any atom is -0.353 e. The van der Waals surface area contributed by atoms with Crippen LogP contribution in [0.2, 0.25) is 0 Å². The van der Waals surface area contributed by atoms with E-state index in [9.17, 15) is 4.79 Å². The van der Waals surface area contributed by atoms with Crippen molar-refractivity contribution in [2.24, 2.45) is 5.73 Å². The Morgan fingerprint density at radius 3 is 2.63 bits per heavy atom. The van der Waals surface area contributed by atoms with E-state index in [1.165, 1.54) is 11.1 Å². The van der Waals surface area contributed by atoms with Crippen molar-refractivity contribution in [3.05, 3.63) is 34.9 Å². The number of nitrogens with one attached hydrogen (secondary N) is 1. The van der Waals surface area contributed by atoms with E-state index in [2.05, 4.69) is 37.4 Å².